The van der Waals surface area contributed by atoms with Gasteiger partial charge >= 0.3 is 0 Å². The quantitative estimate of drug-likeness (QED) is 0.661. The first-order chi connectivity index (χ1) is 9.58. The summed E-state index contributed by atoms with van der Waals surface area (Å²) in [5.41, 5.74) is 6.85. The molecule has 20 heavy (non-hydrogen) atoms. The molecule has 2 aromatic heterocycles. The number of rotatable bonds is 2. The van der Waals surface area contributed by atoms with Crippen molar-refractivity contribution in [3.05, 3.63) is 58.9 Å². The molecule has 0 atom stereocenters. The highest BCUT2D eigenvalue weighted by molar-refractivity contribution is 5.85. The van der Waals surface area contributed by atoms with Crippen molar-refractivity contribution in [1.82, 2.24) is 9.38 Å². The zero-order valence-corrected chi connectivity index (χ0v) is 11.8. The molecule has 100 valence electrons. The summed E-state index contributed by atoms with van der Waals surface area (Å²) in [7, 11) is 0. The van der Waals surface area contributed by atoms with Crippen LogP contribution < -0.4 is 0 Å². The Hall–Kier alpha value is -2.42. The summed E-state index contributed by atoms with van der Waals surface area (Å²) < 4.78 is 1.92. The highest BCUT2D eigenvalue weighted by Gasteiger charge is 2.09. The molecule has 0 saturated carbocycles. The van der Waals surface area contributed by atoms with Gasteiger partial charge in [0.25, 0.3) is 0 Å². The van der Waals surface area contributed by atoms with E-state index in [0.29, 0.717) is 11.2 Å². The predicted molar refractivity (Wildman–Crippen MR) is 80.2 cm³/mol. The molecule has 3 aromatic rings. The van der Waals surface area contributed by atoms with E-state index in [1.54, 1.807) is 0 Å². The molecule has 0 aliphatic heterocycles. The number of imidazole rings is 1. The number of fused-ring (bicyclic) bond motifs is 1. The maximum atomic E-state index is 11.2. The van der Waals surface area contributed by atoms with Gasteiger partial charge in [0.1, 0.15) is 5.65 Å². The van der Waals surface area contributed by atoms with Crippen LogP contribution in [0.1, 0.15) is 27.0 Å². The zero-order valence-electron chi connectivity index (χ0n) is 11.8. The Kier molecular flexibility index (Phi) is 2.90. The second kappa shape index (κ2) is 4.60. The molecule has 0 aliphatic carbocycles. The summed E-state index contributed by atoms with van der Waals surface area (Å²) in [6.45, 7) is 6.16. The third-order valence-corrected chi connectivity index (χ3v) is 3.65. The SMILES string of the molecule is Cc1cc(C=O)c2nc(-c3ccc(C)c(C)c3)cn2c1. The predicted octanol–water partition coefficient (Wildman–Crippen LogP) is 3.74. The van der Waals surface area contributed by atoms with Gasteiger partial charge in [0.05, 0.1) is 11.3 Å². The van der Waals surface area contributed by atoms with E-state index in [9.17, 15) is 4.79 Å². The minimum absolute atomic E-state index is 0.625. The number of pyridine rings is 1. The molecule has 0 amide bonds. The lowest BCUT2D eigenvalue weighted by molar-refractivity contribution is 0.112. The van der Waals surface area contributed by atoms with Crippen LogP contribution in [-0.2, 0) is 0 Å². The number of nitrogens with zero attached hydrogens (tertiary/aromatic N) is 2. The molecule has 0 bridgehead atoms. The first-order valence-corrected chi connectivity index (χ1v) is 6.60. The Balaban J connectivity index is 2.22. The van der Waals surface area contributed by atoms with Crippen LogP contribution >= 0.6 is 0 Å². The smallest absolute Gasteiger partial charge is 0.153 e. The van der Waals surface area contributed by atoms with Crippen LogP contribution in [0.25, 0.3) is 16.9 Å². The van der Waals surface area contributed by atoms with Crippen LogP contribution in [0.2, 0.25) is 0 Å². The largest absolute Gasteiger partial charge is 0.306 e. The van der Waals surface area contributed by atoms with E-state index < -0.39 is 0 Å². The van der Waals surface area contributed by atoms with E-state index in [0.717, 1.165) is 23.1 Å². The Labute approximate surface area is 117 Å². The second-order valence-electron chi connectivity index (χ2n) is 5.25. The normalized spacial score (nSPS) is 10.9. The molecule has 3 nitrogen and oxygen atoms in total. The molecule has 1 aromatic carbocycles. The van der Waals surface area contributed by atoms with Gasteiger partial charge in [-0.05, 0) is 49.6 Å². The van der Waals surface area contributed by atoms with Crippen LogP contribution in [0.15, 0.2) is 36.7 Å². The van der Waals surface area contributed by atoms with Crippen LogP contribution in [0.5, 0.6) is 0 Å². The third kappa shape index (κ3) is 2.01. The van der Waals surface area contributed by atoms with Crippen LogP contribution in [0, 0.1) is 20.8 Å². The number of hydrogen-bond donors (Lipinski definition) is 0. The van der Waals surface area contributed by atoms with E-state index in [1.807, 2.05) is 29.8 Å². The lowest BCUT2D eigenvalue weighted by Gasteiger charge is -2.01. The summed E-state index contributed by atoms with van der Waals surface area (Å²) in [4.78, 5) is 15.8. The Morgan fingerprint density at radius 3 is 2.55 bits per heavy atom. The number of hydrogen-bond acceptors (Lipinski definition) is 2. The van der Waals surface area contributed by atoms with E-state index in [-0.39, 0.29) is 0 Å². The molecule has 0 fully saturated rings. The molecule has 0 radical (unpaired) electrons. The van der Waals surface area contributed by atoms with Gasteiger partial charge in [-0.1, -0.05) is 12.1 Å². The van der Waals surface area contributed by atoms with Crippen LogP contribution in [-0.4, -0.2) is 15.7 Å². The van der Waals surface area contributed by atoms with Gasteiger partial charge in [0.2, 0.25) is 0 Å². The molecule has 0 spiro atoms. The van der Waals surface area contributed by atoms with Crippen molar-refractivity contribution in [1.29, 1.82) is 0 Å². The first-order valence-electron chi connectivity index (χ1n) is 6.60. The number of carbonyl (C=O) groups excluding carboxylic acids is 1. The van der Waals surface area contributed by atoms with Crippen molar-refractivity contribution in [3.63, 3.8) is 0 Å². The Morgan fingerprint density at radius 2 is 1.85 bits per heavy atom. The number of carbonyl (C=O) groups is 1. The van der Waals surface area contributed by atoms with E-state index in [2.05, 4.69) is 37.0 Å². The minimum atomic E-state index is 0.625. The van der Waals surface area contributed by atoms with E-state index >= 15 is 0 Å². The van der Waals surface area contributed by atoms with Crippen molar-refractivity contribution < 1.29 is 4.79 Å². The summed E-state index contributed by atoms with van der Waals surface area (Å²) in [6.07, 6.45) is 4.82. The molecule has 2 heterocycles. The minimum Gasteiger partial charge on any atom is -0.306 e. The van der Waals surface area contributed by atoms with Gasteiger partial charge in [-0.25, -0.2) is 4.98 Å². The van der Waals surface area contributed by atoms with Crippen LogP contribution in [0.4, 0.5) is 0 Å². The molecule has 0 aliphatic rings. The Bertz CT molecular complexity index is 815. The van der Waals surface area contributed by atoms with Gasteiger partial charge in [0.15, 0.2) is 6.29 Å². The first kappa shape index (κ1) is 12.6. The number of aldehydes is 1. The summed E-state index contributed by atoms with van der Waals surface area (Å²) in [5, 5.41) is 0. The average Bonchev–Trinajstić information content (AvgIpc) is 2.84. The third-order valence-electron chi connectivity index (χ3n) is 3.65. The maximum absolute atomic E-state index is 11.2. The lowest BCUT2D eigenvalue weighted by atomic mass is 10.1. The van der Waals surface area contributed by atoms with Gasteiger partial charge < -0.3 is 4.40 Å². The summed E-state index contributed by atoms with van der Waals surface area (Å²) in [6, 6.07) is 8.15. The van der Waals surface area contributed by atoms with Crippen LogP contribution in [0.3, 0.4) is 0 Å². The van der Waals surface area contributed by atoms with Gasteiger partial charge in [-0.2, -0.15) is 0 Å². The number of aromatic nitrogens is 2. The fourth-order valence-electron chi connectivity index (χ4n) is 2.40. The Morgan fingerprint density at radius 1 is 1.05 bits per heavy atom. The summed E-state index contributed by atoms with van der Waals surface area (Å²) in [5.74, 6) is 0. The van der Waals surface area contributed by atoms with E-state index in [1.165, 1.54) is 11.1 Å². The van der Waals surface area contributed by atoms with Crippen molar-refractivity contribution in [3.8, 4) is 11.3 Å². The van der Waals surface area contributed by atoms with Crippen molar-refractivity contribution >= 4 is 11.9 Å². The standard InChI is InChI=1S/C17H16N2O/c1-11-6-15(10-20)17-18-16(9-19(17)8-11)14-5-4-12(2)13(3)7-14/h4-10H,1-3H3. The van der Waals surface area contributed by atoms with E-state index in [4.69, 9.17) is 0 Å². The second-order valence-corrected chi connectivity index (χ2v) is 5.25. The fraction of sp³-hybridized carbons (Fsp3) is 0.176. The maximum Gasteiger partial charge on any atom is 0.153 e. The van der Waals surface area contributed by atoms with Gasteiger partial charge in [-0.15, -0.1) is 0 Å². The molecule has 3 rings (SSSR count). The van der Waals surface area contributed by atoms with Crippen molar-refractivity contribution in [2.75, 3.05) is 0 Å². The zero-order chi connectivity index (χ0) is 14.3. The highest BCUT2D eigenvalue weighted by Crippen LogP contribution is 2.23. The van der Waals surface area contributed by atoms with Gasteiger partial charge in [0, 0.05) is 18.0 Å². The van der Waals surface area contributed by atoms with Crippen molar-refractivity contribution in [2.24, 2.45) is 0 Å². The summed E-state index contributed by atoms with van der Waals surface area (Å²) >= 11 is 0. The van der Waals surface area contributed by atoms with Crippen molar-refractivity contribution in [2.45, 2.75) is 20.8 Å². The topological polar surface area (TPSA) is 34.4 Å². The number of benzene rings is 1. The molecule has 0 N–H and O–H groups in total. The van der Waals surface area contributed by atoms with Gasteiger partial charge in [-0.3, -0.25) is 4.79 Å². The lowest BCUT2D eigenvalue weighted by Crippen LogP contribution is -1.91. The molecule has 0 saturated heterocycles. The highest BCUT2D eigenvalue weighted by atomic mass is 16.1. The monoisotopic (exact) mass is 264 g/mol. The molecule has 0 unspecified atom stereocenters. The average molecular weight is 264 g/mol. The molecule has 3 heteroatoms. The molecular formula is C17H16N2O. The number of aryl methyl sites for hydroxylation is 3. The molecular weight excluding hydrogens is 248 g/mol. The fourth-order valence-corrected chi connectivity index (χ4v) is 2.40.